The molecule has 0 fully saturated rings. The Morgan fingerprint density at radius 2 is 2.15 bits per heavy atom. The molecule has 0 unspecified atom stereocenters. The van der Waals surface area contributed by atoms with Crippen molar-refractivity contribution in [3.8, 4) is 12.3 Å². The average Bonchev–Trinajstić information content (AvgIpc) is 2.40. The number of aromatic carboxylic acids is 1. The number of hydrogen-bond donors (Lipinski definition) is 3. The number of carboxylic acid groups (broad SMARTS) is 1. The van der Waals surface area contributed by atoms with Crippen LogP contribution in [0.5, 0.6) is 0 Å². The van der Waals surface area contributed by atoms with Crippen molar-refractivity contribution in [3.63, 3.8) is 0 Å². The van der Waals surface area contributed by atoms with Crippen molar-refractivity contribution in [2.45, 2.75) is 12.8 Å². The van der Waals surface area contributed by atoms with Crippen LogP contribution in [0.15, 0.2) is 18.2 Å². The maximum absolute atomic E-state index is 11.7. The average molecular weight is 295 g/mol. The topological polar surface area (TPSA) is 78.4 Å². The van der Waals surface area contributed by atoms with Gasteiger partial charge in [0.1, 0.15) is 0 Å². The molecule has 0 spiro atoms. The van der Waals surface area contributed by atoms with Gasteiger partial charge in [-0.2, -0.15) is 0 Å². The van der Waals surface area contributed by atoms with Crippen molar-refractivity contribution in [2.24, 2.45) is 0 Å². The van der Waals surface area contributed by atoms with E-state index in [0.29, 0.717) is 13.0 Å². The van der Waals surface area contributed by atoms with Crippen LogP contribution in [0.2, 0.25) is 5.02 Å². The van der Waals surface area contributed by atoms with Gasteiger partial charge in [-0.05, 0) is 31.2 Å². The third kappa shape index (κ3) is 5.31. The number of terminal acetylenes is 1. The number of carbonyl (C=O) groups excluding carboxylic acids is 1. The van der Waals surface area contributed by atoms with E-state index in [9.17, 15) is 9.59 Å². The summed E-state index contributed by atoms with van der Waals surface area (Å²) in [5.74, 6) is 1.13. The summed E-state index contributed by atoms with van der Waals surface area (Å²) >= 11 is 5.90. The van der Waals surface area contributed by atoms with Crippen LogP contribution in [0.4, 0.5) is 5.69 Å². The molecule has 1 aromatic rings. The van der Waals surface area contributed by atoms with Crippen molar-refractivity contribution in [2.75, 3.05) is 18.4 Å². The minimum absolute atomic E-state index is 0.0617. The maximum Gasteiger partial charge on any atom is 0.335 e. The minimum Gasteiger partial charge on any atom is -0.478 e. The number of anilines is 1. The van der Waals surface area contributed by atoms with E-state index in [1.165, 1.54) is 18.2 Å². The molecule has 0 aromatic heterocycles. The lowest BCUT2D eigenvalue weighted by molar-refractivity contribution is -0.115. The van der Waals surface area contributed by atoms with E-state index in [2.05, 4.69) is 16.6 Å². The van der Waals surface area contributed by atoms with E-state index in [-0.39, 0.29) is 28.7 Å². The molecule has 1 rings (SSSR count). The Labute approximate surface area is 122 Å². The van der Waals surface area contributed by atoms with Gasteiger partial charge in [-0.1, -0.05) is 11.6 Å². The predicted octanol–water partition coefficient (Wildman–Crippen LogP) is 1.98. The van der Waals surface area contributed by atoms with Gasteiger partial charge in [-0.15, -0.1) is 12.3 Å². The zero-order valence-electron chi connectivity index (χ0n) is 10.8. The molecule has 0 aliphatic rings. The third-order valence-electron chi connectivity index (χ3n) is 2.45. The standard InChI is InChI=1S/C14H15ClN2O3/c1-2-3-4-7-16-9-13(18)17-12-8-10(14(19)20)5-6-11(12)15/h1,5-6,8,16H,3-4,7,9H2,(H,17,18)(H,19,20). The van der Waals surface area contributed by atoms with Crippen LogP contribution in [-0.2, 0) is 4.79 Å². The maximum atomic E-state index is 11.7. The second-order valence-electron chi connectivity index (χ2n) is 4.03. The van der Waals surface area contributed by atoms with Crippen molar-refractivity contribution >= 4 is 29.2 Å². The number of hydrogen-bond acceptors (Lipinski definition) is 3. The van der Waals surface area contributed by atoms with Crippen LogP contribution in [-0.4, -0.2) is 30.1 Å². The van der Waals surface area contributed by atoms with E-state index >= 15 is 0 Å². The smallest absolute Gasteiger partial charge is 0.335 e. The summed E-state index contributed by atoms with van der Waals surface area (Å²) in [6.45, 7) is 0.749. The van der Waals surface area contributed by atoms with E-state index in [1.54, 1.807) is 0 Å². The highest BCUT2D eigenvalue weighted by Gasteiger charge is 2.09. The monoisotopic (exact) mass is 294 g/mol. The fourth-order valence-corrected chi connectivity index (χ4v) is 1.63. The summed E-state index contributed by atoms with van der Waals surface area (Å²) < 4.78 is 0. The second kappa shape index (κ2) is 8.20. The van der Waals surface area contributed by atoms with Gasteiger partial charge in [0.15, 0.2) is 0 Å². The Hall–Kier alpha value is -2.03. The first-order chi connectivity index (χ1) is 9.54. The number of unbranched alkanes of at least 4 members (excludes halogenated alkanes) is 1. The van der Waals surface area contributed by atoms with E-state index < -0.39 is 5.97 Å². The Bertz CT molecular complexity index is 538. The summed E-state index contributed by atoms with van der Waals surface area (Å²) in [7, 11) is 0. The minimum atomic E-state index is -1.08. The highest BCUT2D eigenvalue weighted by Crippen LogP contribution is 2.22. The first-order valence-electron chi connectivity index (χ1n) is 6.01. The Kier molecular flexibility index (Phi) is 6.57. The van der Waals surface area contributed by atoms with E-state index in [0.717, 1.165) is 6.42 Å². The molecule has 6 heteroatoms. The van der Waals surface area contributed by atoms with Crippen molar-refractivity contribution in [1.29, 1.82) is 0 Å². The predicted molar refractivity (Wildman–Crippen MR) is 78.0 cm³/mol. The van der Waals surface area contributed by atoms with Crippen molar-refractivity contribution in [3.05, 3.63) is 28.8 Å². The fourth-order valence-electron chi connectivity index (χ4n) is 1.47. The number of rotatable bonds is 7. The molecule has 0 saturated heterocycles. The number of carbonyl (C=O) groups is 2. The SMILES string of the molecule is C#CCCCNCC(=O)Nc1cc(C(=O)O)ccc1Cl. The van der Waals surface area contributed by atoms with Gasteiger partial charge in [-0.25, -0.2) is 4.79 Å². The van der Waals surface area contributed by atoms with E-state index in [4.69, 9.17) is 23.1 Å². The van der Waals surface area contributed by atoms with Crippen molar-refractivity contribution in [1.82, 2.24) is 5.32 Å². The molecule has 3 N–H and O–H groups in total. The molecule has 0 aliphatic heterocycles. The van der Waals surface area contributed by atoms with Gasteiger partial charge in [0.05, 0.1) is 22.8 Å². The Morgan fingerprint density at radius 1 is 1.40 bits per heavy atom. The van der Waals surface area contributed by atoms with Crippen LogP contribution in [0.25, 0.3) is 0 Å². The molecule has 0 bridgehead atoms. The highest BCUT2D eigenvalue weighted by atomic mass is 35.5. The molecule has 0 atom stereocenters. The van der Waals surface area contributed by atoms with Crippen LogP contribution < -0.4 is 10.6 Å². The lowest BCUT2D eigenvalue weighted by atomic mass is 10.2. The molecule has 0 saturated carbocycles. The van der Waals surface area contributed by atoms with Crippen molar-refractivity contribution < 1.29 is 14.7 Å². The van der Waals surface area contributed by atoms with Crippen LogP contribution in [0.3, 0.4) is 0 Å². The first-order valence-corrected chi connectivity index (χ1v) is 6.39. The normalized spacial score (nSPS) is 9.80. The van der Waals surface area contributed by atoms with Gasteiger partial charge in [0, 0.05) is 6.42 Å². The zero-order chi connectivity index (χ0) is 15.0. The molecule has 106 valence electrons. The first kappa shape index (κ1) is 16.0. The molecule has 20 heavy (non-hydrogen) atoms. The lowest BCUT2D eigenvalue weighted by Gasteiger charge is -2.08. The van der Waals surface area contributed by atoms with Gasteiger partial charge >= 0.3 is 5.97 Å². The fraction of sp³-hybridized carbons (Fsp3) is 0.286. The molecular formula is C14H15ClN2O3. The molecule has 1 aromatic carbocycles. The molecular weight excluding hydrogens is 280 g/mol. The van der Waals surface area contributed by atoms with Crippen LogP contribution >= 0.6 is 11.6 Å². The number of nitrogens with one attached hydrogen (secondary N) is 2. The van der Waals surface area contributed by atoms with Gasteiger partial charge in [0.2, 0.25) is 5.91 Å². The quantitative estimate of drug-likeness (QED) is 0.531. The molecule has 0 aliphatic carbocycles. The third-order valence-corrected chi connectivity index (χ3v) is 2.78. The largest absolute Gasteiger partial charge is 0.478 e. The van der Waals surface area contributed by atoms with Gasteiger partial charge < -0.3 is 15.7 Å². The number of amides is 1. The van der Waals surface area contributed by atoms with E-state index in [1.807, 2.05) is 0 Å². The van der Waals surface area contributed by atoms with Crippen LogP contribution in [0, 0.1) is 12.3 Å². The molecule has 5 nitrogen and oxygen atoms in total. The number of benzene rings is 1. The number of halogens is 1. The molecule has 1 amide bonds. The summed E-state index contributed by atoms with van der Waals surface area (Å²) in [6.07, 6.45) is 6.55. The number of carboxylic acids is 1. The Morgan fingerprint density at radius 3 is 2.80 bits per heavy atom. The second-order valence-corrected chi connectivity index (χ2v) is 4.44. The lowest BCUT2D eigenvalue weighted by Crippen LogP contribution is -2.28. The van der Waals surface area contributed by atoms with Gasteiger partial charge in [-0.3, -0.25) is 4.79 Å². The zero-order valence-corrected chi connectivity index (χ0v) is 11.5. The summed E-state index contributed by atoms with van der Waals surface area (Å²) in [5.41, 5.74) is 0.341. The van der Waals surface area contributed by atoms with Gasteiger partial charge in [0.25, 0.3) is 0 Å². The summed E-state index contributed by atoms with van der Waals surface area (Å²) in [5, 5.41) is 14.7. The Balaban J connectivity index is 2.51. The molecule has 0 heterocycles. The van der Waals surface area contributed by atoms with Crippen LogP contribution in [0.1, 0.15) is 23.2 Å². The highest BCUT2D eigenvalue weighted by molar-refractivity contribution is 6.33. The molecule has 0 radical (unpaired) electrons. The summed E-state index contributed by atoms with van der Waals surface area (Å²) in [4.78, 5) is 22.5. The summed E-state index contributed by atoms with van der Waals surface area (Å²) in [6, 6.07) is 4.13.